The van der Waals surface area contributed by atoms with E-state index in [-0.39, 0.29) is 12.7 Å². The molecule has 0 radical (unpaired) electrons. The zero-order chi connectivity index (χ0) is 14.8. The summed E-state index contributed by atoms with van der Waals surface area (Å²) >= 11 is 0. The van der Waals surface area contributed by atoms with Gasteiger partial charge in [0.15, 0.2) is 11.5 Å². The van der Waals surface area contributed by atoms with E-state index < -0.39 is 0 Å². The minimum Gasteiger partial charge on any atom is -0.454 e. The third-order valence-corrected chi connectivity index (χ3v) is 3.70. The molecule has 2 N–H and O–H groups in total. The third-order valence-electron chi connectivity index (χ3n) is 3.70. The number of carbonyl (C=O) groups excluding carboxylic acids is 1. The second kappa shape index (κ2) is 5.65. The van der Waals surface area contributed by atoms with E-state index in [1.54, 1.807) is 24.1 Å². The lowest BCUT2D eigenvalue weighted by Crippen LogP contribution is -2.35. The number of anilines is 1. The molecule has 0 spiro atoms. The van der Waals surface area contributed by atoms with Crippen molar-refractivity contribution in [3.8, 4) is 11.5 Å². The monoisotopic (exact) mass is 290 g/mol. The number of benzene rings is 1. The van der Waals surface area contributed by atoms with E-state index in [1.165, 1.54) is 5.57 Å². The van der Waals surface area contributed by atoms with Crippen molar-refractivity contribution in [1.82, 2.24) is 4.90 Å². The van der Waals surface area contributed by atoms with Gasteiger partial charge in [-0.1, -0.05) is 6.08 Å². The number of hydrogen-bond donors (Lipinski definition) is 1. The lowest BCUT2D eigenvalue weighted by atomic mass is 10.1. The van der Waals surface area contributed by atoms with E-state index in [0.717, 1.165) is 6.42 Å². The molecule has 0 saturated carbocycles. The SMILES string of the molecule is COCC1=CCN(C(=O)c2cc3c(cc2N)OCO3)CC1. The number of amides is 1. The average Bonchev–Trinajstić information content (AvgIpc) is 2.94. The highest BCUT2D eigenvalue weighted by Crippen LogP contribution is 2.36. The number of ether oxygens (including phenoxy) is 3. The predicted octanol–water partition coefficient (Wildman–Crippen LogP) is 1.42. The van der Waals surface area contributed by atoms with Gasteiger partial charge in [-0.05, 0) is 18.1 Å². The highest BCUT2D eigenvalue weighted by atomic mass is 16.7. The Kier molecular flexibility index (Phi) is 3.70. The molecule has 6 nitrogen and oxygen atoms in total. The van der Waals surface area contributed by atoms with Crippen LogP contribution in [0.15, 0.2) is 23.8 Å². The molecule has 0 aromatic heterocycles. The first kappa shape index (κ1) is 13.8. The van der Waals surface area contributed by atoms with E-state index in [4.69, 9.17) is 19.9 Å². The molecule has 1 aromatic carbocycles. The van der Waals surface area contributed by atoms with Crippen LogP contribution in [0.3, 0.4) is 0 Å². The van der Waals surface area contributed by atoms with Crippen LogP contribution in [0.1, 0.15) is 16.8 Å². The Labute approximate surface area is 123 Å². The molecule has 0 saturated heterocycles. The lowest BCUT2D eigenvalue weighted by Gasteiger charge is -2.27. The normalized spacial score (nSPS) is 16.8. The molecule has 112 valence electrons. The van der Waals surface area contributed by atoms with Crippen LogP contribution in [0.2, 0.25) is 0 Å². The first-order valence-corrected chi connectivity index (χ1v) is 6.84. The molecule has 0 fully saturated rings. The van der Waals surface area contributed by atoms with Gasteiger partial charge in [-0.2, -0.15) is 0 Å². The van der Waals surface area contributed by atoms with Gasteiger partial charge in [0, 0.05) is 32.0 Å². The van der Waals surface area contributed by atoms with Crippen LogP contribution in [-0.2, 0) is 4.74 Å². The average molecular weight is 290 g/mol. The molecule has 0 atom stereocenters. The van der Waals surface area contributed by atoms with Gasteiger partial charge in [0.2, 0.25) is 6.79 Å². The maximum Gasteiger partial charge on any atom is 0.256 e. The third kappa shape index (κ3) is 2.67. The van der Waals surface area contributed by atoms with Gasteiger partial charge in [0.25, 0.3) is 5.91 Å². The summed E-state index contributed by atoms with van der Waals surface area (Å²) in [6.45, 7) is 2.03. The lowest BCUT2D eigenvalue weighted by molar-refractivity contribution is 0.0765. The summed E-state index contributed by atoms with van der Waals surface area (Å²) in [6, 6.07) is 3.31. The number of nitrogens with two attached hydrogens (primary N) is 1. The largest absolute Gasteiger partial charge is 0.454 e. The minimum atomic E-state index is -0.0847. The fraction of sp³-hybridized carbons (Fsp3) is 0.400. The van der Waals surface area contributed by atoms with Gasteiger partial charge in [-0.25, -0.2) is 0 Å². The minimum absolute atomic E-state index is 0.0847. The summed E-state index contributed by atoms with van der Waals surface area (Å²) in [5.41, 5.74) is 8.05. The Morgan fingerprint density at radius 3 is 2.81 bits per heavy atom. The Morgan fingerprint density at radius 1 is 1.38 bits per heavy atom. The molecular formula is C15H18N2O4. The Hall–Kier alpha value is -2.21. The van der Waals surface area contributed by atoms with Crippen LogP contribution in [0.4, 0.5) is 5.69 Å². The van der Waals surface area contributed by atoms with Crippen molar-refractivity contribution in [3.05, 3.63) is 29.3 Å². The highest BCUT2D eigenvalue weighted by molar-refractivity contribution is 6.00. The van der Waals surface area contributed by atoms with Crippen molar-refractivity contribution in [2.24, 2.45) is 0 Å². The molecule has 2 aliphatic heterocycles. The van der Waals surface area contributed by atoms with Crippen LogP contribution in [-0.4, -0.2) is 44.4 Å². The Bertz CT molecular complexity index is 598. The summed E-state index contributed by atoms with van der Waals surface area (Å²) in [5.74, 6) is 1.07. The summed E-state index contributed by atoms with van der Waals surface area (Å²) in [7, 11) is 1.67. The molecule has 21 heavy (non-hydrogen) atoms. The maximum atomic E-state index is 12.6. The van der Waals surface area contributed by atoms with Gasteiger partial charge in [-0.3, -0.25) is 4.79 Å². The van der Waals surface area contributed by atoms with Crippen molar-refractivity contribution >= 4 is 11.6 Å². The maximum absolute atomic E-state index is 12.6. The molecule has 0 unspecified atom stereocenters. The fourth-order valence-electron chi connectivity index (χ4n) is 2.53. The van der Waals surface area contributed by atoms with E-state index in [2.05, 4.69) is 0 Å². The zero-order valence-electron chi connectivity index (χ0n) is 11.9. The summed E-state index contributed by atoms with van der Waals surface area (Å²) in [4.78, 5) is 14.3. The van der Waals surface area contributed by atoms with Gasteiger partial charge in [-0.15, -0.1) is 0 Å². The summed E-state index contributed by atoms with van der Waals surface area (Å²) in [6.07, 6.45) is 2.86. The van der Waals surface area contributed by atoms with E-state index in [1.807, 2.05) is 6.08 Å². The van der Waals surface area contributed by atoms with E-state index in [9.17, 15) is 4.79 Å². The highest BCUT2D eigenvalue weighted by Gasteiger charge is 2.24. The standard InChI is InChI=1S/C15H18N2O4/c1-19-8-10-2-4-17(5-3-10)15(18)11-6-13-14(7-12(11)16)21-9-20-13/h2,6-7H,3-5,8-9,16H2,1H3. The number of hydrogen-bond acceptors (Lipinski definition) is 5. The number of carbonyl (C=O) groups is 1. The number of nitrogen functional groups attached to an aromatic ring is 1. The van der Waals surface area contributed by atoms with Crippen molar-refractivity contribution in [2.45, 2.75) is 6.42 Å². The first-order chi connectivity index (χ1) is 10.2. The van der Waals surface area contributed by atoms with Crippen LogP contribution in [0.25, 0.3) is 0 Å². The number of fused-ring (bicyclic) bond motifs is 1. The molecule has 6 heteroatoms. The molecule has 1 aromatic rings. The fourth-order valence-corrected chi connectivity index (χ4v) is 2.53. The van der Waals surface area contributed by atoms with Crippen LogP contribution < -0.4 is 15.2 Å². The smallest absolute Gasteiger partial charge is 0.256 e. The second-order valence-corrected chi connectivity index (χ2v) is 5.09. The van der Waals surface area contributed by atoms with Gasteiger partial charge in [0.1, 0.15) is 0 Å². The van der Waals surface area contributed by atoms with E-state index in [0.29, 0.717) is 42.4 Å². The number of rotatable bonds is 3. The number of methoxy groups -OCH3 is 1. The van der Waals surface area contributed by atoms with Gasteiger partial charge >= 0.3 is 0 Å². The zero-order valence-corrected chi connectivity index (χ0v) is 11.9. The molecule has 0 aliphatic carbocycles. The Balaban J connectivity index is 1.77. The predicted molar refractivity (Wildman–Crippen MR) is 77.5 cm³/mol. The Morgan fingerprint density at radius 2 is 2.14 bits per heavy atom. The van der Waals surface area contributed by atoms with Crippen LogP contribution in [0, 0.1) is 0 Å². The van der Waals surface area contributed by atoms with Crippen molar-refractivity contribution < 1.29 is 19.0 Å². The molecular weight excluding hydrogens is 272 g/mol. The quantitative estimate of drug-likeness (QED) is 0.673. The second-order valence-electron chi connectivity index (χ2n) is 5.09. The van der Waals surface area contributed by atoms with Gasteiger partial charge < -0.3 is 24.8 Å². The van der Waals surface area contributed by atoms with Crippen molar-refractivity contribution in [2.75, 3.05) is 39.3 Å². The molecule has 2 aliphatic rings. The summed E-state index contributed by atoms with van der Waals surface area (Å²) in [5, 5.41) is 0. The van der Waals surface area contributed by atoms with Crippen molar-refractivity contribution in [3.63, 3.8) is 0 Å². The van der Waals surface area contributed by atoms with Crippen LogP contribution >= 0.6 is 0 Å². The van der Waals surface area contributed by atoms with Gasteiger partial charge in [0.05, 0.1) is 12.2 Å². The molecule has 3 rings (SSSR count). The van der Waals surface area contributed by atoms with E-state index >= 15 is 0 Å². The summed E-state index contributed by atoms with van der Waals surface area (Å²) < 4.78 is 15.7. The first-order valence-electron chi connectivity index (χ1n) is 6.84. The molecule has 2 heterocycles. The van der Waals surface area contributed by atoms with Crippen LogP contribution in [0.5, 0.6) is 11.5 Å². The number of nitrogens with zero attached hydrogens (tertiary/aromatic N) is 1. The van der Waals surface area contributed by atoms with Crippen molar-refractivity contribution in [1.29, 1.82) is 0 Å². The molecule has 1 amide bonds. The molecule has 0 bridgehead atoms. The topological polar surface area (TPSA) is 74.0 Å².